The van der Waals surface area contributed by atoms with Crippen LogP contribution in [0.5, 0.6) is 0 Å². The summed E-state index contributed by atoms with van der Waals surface area (Å²) in [5.74, 6) is 1.47. The fourth-order valence-corrected chi connectivity index (χ4v) is 1.51. The predicted molar refractivity (Wildman–Crippen MR) is 69.8 cm³/mol. The second-order valence-corrected chi connectivity index (χ2v) is 4.53. The second-order valence-electron chi connectivity index (χ2n) is 4.53. The van der Waals surface area contributed by atoms with Crippen molar-refractivity contribution in [2.45, 2.75) is 39.7 Å². The molecule has 0 spiro atoms. The minimum absolute atomic E-state index is 0.219. The minimum Gasteiger partial charge on any atom is -0.391 e. The third kappa shape index (κ3) is 3.85. The lowest BCUT2D eigenvalue weighted by atomic mass is 10.1. The van der Waals surface area contributed by atoms with E-state index in [9.17, 15) is 5.11 Å². The third-order valence-electron chi connectivity index (χ3n) is 2.73. The molecule has 0 aliphatic carbocycles. The highest BCUT2D eigenvalue weighted by molar-refractivity contribution is 5.55. The molecule has 0 saturated carbocycles. The zero-order chi connectivity index (χ0) is 12.8. The normalized spacial score (nSPS) is 12.8. The summed E-state index contributed by atoms with van der Waals surface area (Å²) < 4.78 is 0. The molecule has 0 saturated heterocycles. The van der Waals surface area contributed by atoms with Gasteiger partial charge < -0.3 is 16.2 Å². The molecule has 1 atom stereocenters. The molecule has 5 nitrogen and oxygen atoms in total. The van der Waals surface area contributed by atoms with E-state index in [4.69, 9.17) is 5.73 Å². The lowest BCUT2D eigenvalue weighted by Gasteiger charge is -2.17. The Balaban J connectivity index is 2.73. The van der Waals surface area contributed by atoms with Crippen LogP contribution >= 0.6 is 0 Å². The van der Waals surface area contributed by atoms with Gasteiger partial charge in [-0.2, -0.15) is 0 Å². The van der Waals surface area contributed by atoms with Crippen molar-refractivity contribution in [3.05, 3.63) is 11.9 Å². The smallest absolute Gasteiger partial charge is 0.134 e. The van der Waals surface area contributed by atoms with Crippen LogP contribution in [0.1, 0.15) is 32.8 Å². The van der Waals surface area contributed by atoms with Gasteiger partial charge in [-0.15, -0.1) is 0 Å². The van der Waals surface area contributed by atoms with E-state index in [-0.39, 0.29) is 12.0 Å². The topological polar surface area (TPSA) is 84.1 Å². The summed E-state index contributed by atoms with van der Waals surface area (Å²) in [7, 11) is 0. The molecule has 0 bridgehead atoms. The van der Waals surface area contributed by atoms with Crippen LogP contribution in [-0.2, 0) is 6.42 Å². The Labute approximate surface area is 102 Å². The Morgan fingerprint density at radius 2 is 2.12 bits per heavy atom. The molecule has 0 radical (unpaired) electrons. The maximum atomic E-state index is 9.74. The molecule has 0 aromatic carbocycles. The zero-order valence-electron chi connectivity index (χ0n) is 10.8. The molecular formula is C12H22N4O. The van der Waals surface area contributed by atoms with Gasteiger partial charge in [0.15, 0.2) is 0 Å². The summed E-state index contributed by atoms with van der Waals surface area (Å²) in [6.45, 7) is 6.52. The lowest BCUT2D eigenvalue weighted by Crippen LogP contribution is -2.25. The first-order chi connectivity index (χ1) is 8.06. The molecule has 1 unspecified atom stereocenters. The van der Waals surface area contributed by atoms with Crippen LogP contribution in [0.25, 0.3) is 0 Å². The number of aliphatic hydroxyl groups is 1. The summed E-state index contributed by atoms with van der Waals surface area (Å²) in [6.07, 6.45) is 2.88. The quantitative estimate of drug-likeness (QED) is 0.698. The molecule has 5 heteroatoms. The van der Waals surface area contributed by atoms with Gasteiger partial charge in [-0.05, 0) is 12.3 Å². The number of anilines is 2. The van der Waals surface area contributed by atoms with Crippen LogP contribution in [0.4, 0.5) is 11.6 Å². The van der Waals surface area contributed by atoms with Gasteiger partial charge >= 0.3 is 0 Å². The molecule has 1 heterocycles. The Morgan fingerprint density at radius 3 is 2.71 bits per heavy atom. The highest BCUT2D eigenvalue weighted by Gasteiger charge is 2.12. The van der Waals surface area contributed by atoms with E-state index in [1.807, 2.05) is 13.8 Å². The third-order valence-corrected chi connectivity index (χ3v) is 2.73. The first-order valence-corrected chi connectivity index (χ1v) is 6.07. The maximum absolute atomic E-state index is 9.74. The van der Waals surface area contributed by atoms with Crippen molar-refractivity contribution in [3.63, 3.8) is 0 Å². The molecule has 0 aliphatic heterocycles. The largest absolute Gasteiger partial charge is 0.391 e. The highest BCUT2D eigenvalue weighted by Crippen LogP contribution is 2.19. The first-order valence-electron chi connectivity index (χ1n) is 6.07. The molecule has 0 amide bonds. The number of nitrogen functional groups attached to an aromatic ring is 1. The van der Waals surface area contributed by atoms with Crippen LogP contribution in [0.2, 0.25) is 0 Å². The number of nitrogens with one attached hydrogen (secondary N) is 1. The molecular weight excluding hydrogens is 216 g/mol. The van der Waals surface area contributed by atoms with E-state index in [0.29, 0.717) is 12.4 Å². The number of hydrogen-bond acceptors (Lipinski definition) is 5. The summed E-state index contributed by atoms with van der Waals surface area (Å²) in [6, 6.07) is 0. The molecule has 1 rings (SSSR count). The van der Waals surface area contributed by atoms with Crippen LogP contribution in [0, 0.1) is 5.92 Å². The van der Waals surface area contributed by atoms with Crippen LogP contribution in [0.15, 0.2) is 6.33 Å². The van der Waals surface area contributed by atoms with Crippen molar-refractivity contribution in [3.8, 4) is 0 Å². The zero-order valence-corrected chi connectivity index (χ0v) is 10.8. The molecule has 1 aromatic heterocycles. The van der Waals surface area contributed by atoms with Gasteiger partial charge in [0.2, 0.25) is 0 Å². The van der Waals surface area contributed by atoms with E-state index in [0.717, 1.165) is 24.2 Å². The highest BCUT2D eigenvalue weighted by atomic mass is 16.3. The van der Waals surface area contributed by atoms with Crippen molar-refractivity contribution in [2.24, 2.45) is 5.92 Å². The molecule has 0 aliphatic rings. The van der Waals surface area contributed by atoms with Crippen molar-refractivity contribution in [2.75, 3.05) is 17.6 Å². The van der Waals surface area contributed by atoms with E-state index in [1.54, 1.807) is 0 Å². The summed E-state index contributed by atoms with van der Waals surface area (Å²) in [4.78, 5) is 8.16. The molecule has 17 heavy (non-hydrogen) atoms. The van der Waals surface area contributed by atoms with Gasteiger partial charge in [0.1, 0.15) is 18.0 Å². The van der Waals surface area contributed by atoms with Gasteiger partial charge in [-0.25, -0.2) is 9.97 Å². The number of rotatable bonds is 6. The van der Waals surface area contributed by atoms with Crippen molar-refractivity contribution in [1.82, 2.24) is 9.97 Å². The summed E-state index contributed by atoms with van der Waals surface area (Å²) in [5.41, 5.74) is 6.76. The van der Waals surface area contributed by atoms with Crippen LogP contribution in [0.3, 0.4) is 0 Å². The average Bonchev–Trinajstić information content (AvgIpc) is 2.29. The van der Waals surface area contributed by atoms with Crippen LogP contribution in [-0.4, -0.2) is 27.7 Å². The fraction of sp³-hybridized carbons (Fsp3) is 0.667. The first kappa shape index (κ1) is 13.7. The van der Waals surface area contributed by atoms with Gasteiger partial charge in [0.25, 0.3) is 0 Å². The molecule has 4 N–H and O–H groups in total. The van der Waals surface area contributed by atoms with Gasteiger partial charge in [0, 0.05) is 12.1 Å². The maximum Gasteiger partial charge on any atom is 0.134 e. The molecule has 1 aromatic rings. The van der Waals surface area contributed by atoms with Gasteiger partial charge in [-0.1, -0.05) is 27.2 Å². The number of nitrogens with zero attached hydrogens (tertiary/aromatic N) is 2. The Bertz CT molecular complexity index is 354. The number of nitrogens with two attached hydrogens (primary N) is 1. The fourth-order valence-electron chi connectivity index (χ4n) is 1.51. The standard InChI is InChI=1S/C12H22N4O/c1-4-5-9-11(13)15-7-16-12(9)14-6-10(17)8(2)3/h7-8,10,17H,4-6H2,1-3H3,(H3,13,14,15,16). The Hall–Kier alpha value is -1.36. The molecule has 0 fully saturated rings. The SMILES string of the molecule is CCCc1c(N)ncnc1NCC(O)C(C)C. The predicted octanol–water partition coefficient (Wildman–Crippen LogP) is 1.44. The van der Waals surface area contributed by atoms with Crippen molar-refractivity contribution >= 4 is 11.6 Å². The number of aliphatic hydroxyl groups excluding tert-OH is 1. The van der Waals surface area contributed by atoms with E-state index in [2.05, 4.69) is 22.2 Å². The summed E-state index contributed by atoms with van der Waals surface area (Å²) >= 11 is 0. The number of hydrogen-bond donors (Lipinski definition) is 3. The van der Waals surface area contributed by atoms with Crippen molar-refractivity contribution in [1.29, 1.82) is 0 Å². The van der Waals surface area contributed by atoms with E-state index in [1.165, 1.54) is 6.33 Å². The lowest BCUT2D eigenvalue weighted by molar-refractivity contribution is 0.138. The summed E-state index contributed by atoms with van der Waals surface area (Å²) in [5, 5.41) is 12.9. The van der Waals surface area contributed by atoms with Crippen LogP contribution < -0.4 is 11.1 Å². The van der Waals surface area contributed by atoms with Gasteiger partial charge in [0.05, 0.1) is 6.10 Å². The monoisotopic (exact) mass is 238 g/mol. The number of aromatic nitrogens is 2. The van der Waals surface area contributed by atoms with E-state index >= 15 is 0 Å². The van der Waals surface area contributed by atoms with Crippen molar-refractivity contribution < 1.29 is 5.11 Å². The van der Waals surface area contributed by atoms with Gasteiger partial charge in [-0.3, -0.25) is 0 Å². The molecule has 96 valence electrons. The average molecular weight is 238 g/mol. The Morgan fingerprint density at radius 1 is 1.41 bits per heavy atom. The second kappa shape index (κ2) is 6.39. The minimum atomic E-state index is -0.388. The van der Waals surface area contributed by atoms with E-state index < -0.39 is 0 Å². The Kier molecular flexibility index (Phi) is 5.15.